The van der Waals surface area contributed by atoms with Gasteiger partial charge in [-0.05, 0) is 38.5 Å². The molecule has 1 aromatic rings. The number of hydrogen-bond donors (Lipinski definition) is 1. The summed E-state index contributed by atoms with van der Waals surface area (Å²) in [6.07, 6.45) is 0.224. The lowest BCUT2D eigenvalue weighted by Crippen LogP contribution is -2.39. The van der Waals surface area contributed by atoms with Gasteiger partial charge in [0.15, 0.2) is 0 Å². The van der Waals surface area contributed by atoms with E-state index < -0.39 is 6.04 Å². The molecular formula is C16H23N3O2. The quantitative estimate of drug-likeness (QED) is 0.862. The third-order valence-electron chi connectivity index (χ3n) is 3.73. The Morgan fingerprint density at radius 1 is 1.29 bits per heavy atom. The first-order valence-corrected chi connectivity index (χ1v) is 7.21. The van der Waals surface area contributed by atoms with Crippen LogP contribution in [0, 0.1) is 6.92 Å². The average Bonchev–Trinajstić information content (AvgIpc) is 2.66. The maximum absolute atomic E-state index is 12.3. The molecule has 1 unspecified atom stereocenters. The fourth-order valence-electron chi connectivity index (χ4n) is 2.69. The summed E-state index contributed by atoms with van der Waals surface area (Å²) in [5, 5.41) is 3.19. The predicted molar refractivity (Wildman–Crippen MR) is 84.5 cm³/mol. The summed E-state index contributed by atoms with van der Waals surface area (Å²) in [6.45, 7) is 5.76. The smallest absolute Gasteiger partial charge is 0.252 e. The first kappa shape index (κ1) is 15.4. The fourth-order valence-corrected chi connectivity index (χ4v) is 2.69. The summed E-state index contributed by atoms with van der Waals surface area (Å²) in [4.78, 5) is 27.6. The van der Waals surface area contributed by atoms with Crippen molar-refractivity contribution in [2.24, 2.45) is 0 Å². The molecule has 2 rings (SSSR count). The molecular weight excluding hydrogens is 266 g/mol. The molecule has 1 aliphatic heterocycles. The van der Waals surface area contributed by atoms with Crippen molar-refractivity contribution in [1.29, 1.82) is 0 Å². The standard InChI is InChI=1S/C16H23N3O2/c1-10(2)19-15(20)9-13(16(19)21)17-12-7-6-11(3)14(8-12)18(4)5/h6-8,10,13,17H,9H2,1-5H3. The normalized spacial score (nSPS) is 18.6. The van der Waals surface area contributed by atoms with Crippen LogP contribution in [0.3, 0.4) is 0 Å². The topological polar surface area (TPSA) is 52.7 Å². The molecule has 1 atom stereocenters. The van der Waals surface area contributed by atoms with Crippen LogP contribution in [-0.2, 0) is 9.59 Å². The third-order valence-corrected chi connectivity index (χ3v) is 3.73. The van der Waals surface area contributed by atoms with Crippen LogP contribution >= 0.6 is 0 Å². The van der Waals surface area contributed by atoms with Gasteiger partial charge in [0, 0.05) is 31.5 Å². The van der Waals surface area contributed by atoms with E-state index >= 15 is 0 Å². The number of benzene rings is 1. The molecule has 5 nitrogen and oxygen atoms in total. The van der Waals surface area contributed by atoms with Crippen molar-refractivity contribution >= 4 is 23.2 Å². The van der Waals surface area contributed by atoms with Gasteiger partial charge < -0.3 is 10.2 Å². The Morgan fingerprint density at radius 2 is 1.95 bits per heavy atom. The number of amides is 2. The molecule has 114 valence electrons. The monoisotopic (exact) mass is 289 g/mol. The summed E-state index contributed by atoms with van der Waals surface area (Å²) >= 11 is 0. The number of likely N-dealkylation sites (tertiary alicyclic amines) is 1. The molecule has 1 heterocycles. The zero-order chi connectivity index (χ0) is 15.7. The van der Waals surface area contributed by atoms with Gasteiger partial charge in [-0.3, -0.25) is 14.5 Å². The Bertz CT molecular complexity index is 567. The number of carbonyl (C=O) groups is 2. The molecule has 0 aliphatic carbocycles. The van der Waals surface area contributed by atoms with Gasteiger partial charge in [-0.15, -0.1) is 0 Å². The van der Waals surface area contributed by atoms with E-state index in [1.165, 1.54) is 10.5 Å². The van der Waals surface area contributed by atoms with Crippen molar-refractivity contribution in [2.45, 2.75) is 39.3 Å². The van der Waals surface area contributed by atoms with E-state index in [9.17, 15) is 9.59 Å². The molecule has 2 amide bonds. The van der Waals surface area contributed by atoms with E-state index in [-0.39, 0.29) is 24.3 Å². The van der Waals surface area contributed by atoms with Gasteiger partial charge in [0.2, 0.25) is 5.91 Å². The zero-order valence-electron chi connectivity index (χ0n) is 13.3. The Kier molecular flexibility index (Phi) is 4.21. The summed E-state index contributed by atoms with van der Waals surface area (Å²) in [5.41, 5.74) is 3.13. The summed E-state index contributed by atoms with van der Waals surface area (Å²) < 4.78 is 0. The lowest BCUT2D eigenvalue weighted by Gasteiger charge is -2.21. The number of carbonyl (C=O) groups excluding carboxylic acids is 2. The zero-order valence-corrected chi connectivity index (χ0v) is 13.3. The SMILES string of the molecule is Cc1ccc(NC2CC(=O)N(C(C)C)C2=O)cc1N(C)C. The van der Waals surface area contributed by atoms with Crippen molar-refractivity contribution in [3.05, 3.63) is 23.8 Å². The summed E-state index contributed by atoms with van der Waals surface area (Å²) in [5.74, 6) is -0.241. The number of rotatable bonds is 4. The van der Waals surface area contributed by atoms with Gasteiger partial charge in [-0.2, -0.15) is 0 Å². The number of hydrogen-bond acceptors (Lipinski definition) is 4. The molecule has 1 aliphatic rings. The number of aryl methyl sites for hydroxylation is 1. The lowest BCUT2D eigenvalue weighted by molar-refractivity contribution is -0.140. The highest BCUT2D eigenvalue weighted by molar-refractivity contribution is 6.07. The first-order chi connectivity index (χ1) is 9.81. The second kappa shape index (κ2) is 5.76. The van der Waals surface area contributed by atoms with Crippen LogP contribution in [0.15, 0.2) is 18.2 Å². The molecule has 1 N–H and O–H groups in total. The molecule has 0 saturated carbocycles. The van der Waals surface area contributed by atoms with Gasteiger partial charge in [0.1, 0.15) is 6.04 Å². The largest absolute Gasteiger partial charge is 0.377 e. The lowest BCUT2D eigenvalue weighted by atomic mass is 10.1. The maximum atomic E-state index is 12.3. The number of nitrogens with zero attached hydrogens (tertiary/aromatic N) is 2. The Hall–Kier alpha value is -2.04. The van der Waals surface area contributed by atoms with E-state index in [0.717, 1.165) is 11.4 Å². The Labute approximate surface area is 125 Å². The van der Waals surface area contributed by atoms with Crippen LogP contribution in [0.1, 0.15) is 25.8 Å². The number of anilines is 2. The van der Waals surface area contributed by atoms with Gasteiger partial charge in [-0.1, -0.05) is 6.07 Å². The van der Waals surface area contributed by atoms with E-state index in [4.69, 9.17) is 0 Å². The van der Waals surface area contributed by atoms with Gasteiger partial charge in [0.25, 0.3) is 5.91 Å². The fraction of sp³-hybridized carbons (Fsp3) is 0.500. The number of nitrogens with one attached hydrogen (secondary N) is 1. The van der Waals surface area contributed by atoms with Crippen molar-refractivity contribution in [2.75, 3.05) is 24.3 Å². The molecule has 0 aromatic heterocycles. The molecule has 0 radical (unpaired) electrons. The highest BCUT2D eigenvalue weighted by Crippen LogP contribution is 2.25. The second-order valence-electron chi connectivity index (χ2n) is 5.99. The van der Waals surface area contributed by atoms with Crippen LogP contribution in [-0.4, -0.2) is 42.9 Å². The maximum Gasteiger partial charge on any atom is 0.252 e. The minimum atomic E-state index is -0.461. The minimum Gasteiger partial charge on any atom is -0.377 e. The summed E-state index contributed by atoms with van der Waals surface area (Å²) in [7, 11) is 3.97. The van der Waals surface area contributed by atoms with E-state index in [1.54, 1.807) is 0 Å². The Morgan fingerprint density at radius 3 is 2.48 bits per heavy atom. The van der Waals surface area contributed by atoms with E-state index in [1.807, 2.05) is 58.0 Å². The van der Waals surface area contributed by atoms with Gasteiger partial charge in [-0.25, -0.2) is 0 Å². The predicted octanol–water partition coefficient (Wildman–Crippen LogP) is 2.01. The highest BCUT2D eigenvalue weighted by Gasteiger charge is 2.39. The third kappa shape index (κ3) is 3.01. The van der Waals surface area contributed by atoms with E-state index in [2.05, 4.69) is 5.32 Å². The highest BCUT2D eigenvalue weighted by atomic mass is 16.2. The van der Waals surface area contributed by atoms with Crippen molar-refractivity contribution in [3.8, 4) is 0 Å². The molecule has 0 bridgehead atoms. The molecule has 5 heteroatoms. The molecule has 1 aromatic carbocycles. The number of imide groups is 1. The van der Waals surface area contributed by atoms with Crippen molar-refractivity contribution < 1.29 is 9.59 Å². The molecule has 21 heavy (non-hydrogen) atoms. The second-order valence-corrected chi connectivity index (χ2v) is 5.99. The van der Waals surface area contributed by atoms with Crippen LogP contribution < -0.4 is 10.2 Å². The summed E-state index contributed by atoms with van der Waals surface area (Å²) in [6, 6.07) is 5.41. The molecule has 1 fully saturated rings. The van der Waals surface area contributed by atoms with E-state index in [0.29, 0.717) is 0 Å². The van der Waals surface area contributed by atoms with Crippen LogP contribution in [0.5, 0.6) is 0 Å². The van der Waals surface area contributed by atoms with Crippen LogP contribution in [0.4, 0.5) is 11.4 Å². The average molecular weight is 289 g/mol. The Balaban J connectivity index is 2.18. The van der Waals surface area contributed by atoms with Crippen molar-refractivity contribution in [3.63, 3.8) is 0 Å². The molecule has 0 spiro atoms. The van der Waals surface area contributed by atoms with Gasteiger partial charge in [0.05, 0.1) is 6.42 Å². The van der Waals surface area contributed by atoms with Crippen molar-refractivity contribution in [1.82, 2.24) is 4.90 Å². The molecule has 1 saturated heterocycles. The van der Waals surface area contributed by atoms with Crippen LogP contribution in [0.25, 0.3) is 0 Å². The van der Waals surface area contributed by atoms with Gasteiger partial charge >= 0.3 is 0 Å². The van der Waals surface area contributed by atoms with Crippen LogP contribution in [0.2, 0.25) is 0 Å². The first-order valence-electron chi connectivity index (χ1n) is 7.21. The minimum absolute atomic E-state index is 0.0906.